The molecule has 1 saturated carbocycles. The molecule has 4 rings (SSSR count). The first-order chi connectivity index (χ1) is 13.7. The Labute approximate surface area is 169 Å². The van der Waals surface area contributed by atoms with E-state index < -0.39 is 0 Å². The van der Waals surface area contributed by atoms with Gasteiger partial charge in [-0.2, -0.15) is 0 Å². The number of aromatic nitrogens is 3. The summed E-state index contributed by atoms with van der Waals surface area (Å²) in [5, 5.41) is 6.29. The number of thiazole rings is 1. The second-order valence-corrected chi connectivity index (χ2v) is 7.69. The molecule has 0 amide bonds. The maximum atomic E-state index is 5.67. The van der Waals surface area contributed by atoms with Gasteiger partial charge in [-0.3, -0.25) is 0 Å². The number of fused-ring (bicyclic) bond motifs is 1. The molecule has 2 atom stereocenters. The van der Waals surface area contributed by atoms with E-state index in [0.29, 0.717) is 23.4 Å². The van der Waals surface area contributed by atoms with E-state index in [4.69, 9.17) is 27.4 Å². The monoisotopic (exact) mass is 395 g/mol. The number of ether oxygens (including phenoxy) is 2. The smallest absolute Gasteiger partial charge is 0.178 e. The highest BCUT2D eigenvalue weighted by Gasteiger charge is 2.25. The summed E-state index contributed by atoms with van der Waals surface area (Å²) >= 11 is 1.52. The molecule has 7 nitrogen and oxygen atoms in total. The molecule has 0 saturated heterocycles. The number of hydrogen-bond acceptors (Lipinski definition) is 8. The topological polar surface area (TPSA) is 81.2 Å². The van der Waals surface area contributed by atoms with Crippen LogP contribution in [0.3, 0.4) is 0 Å². The van der Waals surface area contributed by atoms with Gasteiger partial charge in [0.05, 0.1) is 19.7 Å². The molecule has 1 aliphatic carbocycles. The zero-order valence-electron chi connectivity index (χ0n) is 15.9. The largest absolute Gasteiger partial charge is 0.493 e. The van der Waals surface area contributed by atoms with Crippen molar-refractivity contribution in [2.75, 3.05) is 19.5 Å². The van der Waals surface area contributed by atoms with Crippen LogP contribution in [0.2, 0.25) is 0 Å². The fraction of sp³-hybridized carbons (Fsp3) is 0.421. The van der Waals surface area contributed by atoms with Crippen LogP contribution in [0.1, 0.15) is 37.4 Å². The second kappa shape index (κ2) is 8.32. The molecule has 0 bridgehead atoms. The molecule has 1 fully saturated rings. The predicted molar refractivity (Wildman–Crippen MR) is 112 cm³/mol. The number of anilines is 2. The van der Waals surface area contributed by atoms with Gasteiger partial charge in [-0.15, -0.1) is 11.3 Å². The minimum Gasteiger partial charge on any atom is -0.493 e. The molecule has 2 N–H and O–H groups in total. The molecule has 1 aromatic carbocycles. The highest BCUT2D eigenvalue weighted by atomic mass is 32.1. The Bertz CT molecular complexity index is 967. The zero-order valence-corrected chi connectivity index (χ0v) is 16.8. The SMILES string of the molecule is [B]NC1CCCC(c2nc(Nc3ccc(OC)c(OC)c3)c3ncsc3n2)C1. The minimum atomic E-state index is 0.284. The molecule has 2 heterocycles. The Hall–Kier alpha value is -2.39. The van der Waals surface area contributed by atoms with Gasteiger partial charge in [0.25, 0.3) is 0 Å². The maximum Gasteiger partial charge on any atom is 0.178 e. The molecule has 144 valence electrons. The minimum absolute atomic E-state index is 0.284. The van der Waals surface area contributed by atoms with Gasteiger partial charge in [0.2, 0.25) is 0 Å². The highest BCUT2D eigenvalue weighted by molar-refractivity contribution is 7.16. The van der Waals surface area contributed by atoms with Crippen LogP contribution >= 0.6 is 11.3 Å². The van der Waals surface area contributed by atoms with Gasteiger partial charge in [-0.25, -0.2) is 15.0 Å². The molecule has 9 heteroatoms. The summed E-state index contributed by atoms with van der Waals surface area (Å²) in [6.45, 7) is 0. The van der Waals surface area contributed by atoms with E-state index in [1.807, 2.05) is 18.2 Å². The van der Waals surface area contributed by atoms with Gasteiger partial charge in [0, 0.05) is 17.7 Å². The standard InChI is InChI=1S/C19H22BN5O2S/c1-26-14-7-6-12(9-15(14)27-2)22-18-16-19(28-10-21-16)24-17(23-18)11-4-3-5-13(8-11)25-20/h6-7,9-11,13,25H,3-5,8H2,1-2H3,(H,22,23,24). The molecule has 2 aromatic heterocycles. The summed E-state index contributed by atoms with van der Waals surface area (Å²) in [7, 11) is 8.91. The predicted octanol–water partition coefficient (Wildman–Crippen LogP) is 3.55. The second-order valence-electron chi connectivity index (χ2n) is 6.86. The third-order valence-electron chi connectivity index (χ3n) is 5.14. The molecule has 28 heavy (non-hydrogen) atoms. The zero-order chi connectivity index (χ0) is 19.5. The van der Waals surface area contributed by atoms with Crippen molar-refractivity contribution in [3.8, 4) is 11.5 Å². The van der Waals surface area contributed by atoms with E-state index in [2.05, 4.69) is 15.5 Å². The Morgan fingerprint density at radius 1 is 1.14 bits per heavy atom. The van der Waals surface area contributed by atoms with Crippen molar-refractivity contribution in [3.63, 3.8) is 0 Å². The van der Waals surface area contributed by atoms with Crippen LogP contribution in [0.25, 0.3) is 10.3 Å². The lowest BCUT2D eigenvalue weighted by atomic mass is 9.84. The summed E-state index contributed by atoms with van der Waals surface area (Å²) in [5.74, 6) is 3.17. The summed E-state index contributed by atoms with van der Waals surface area (Å²) in [5.41, 5.74) is 3.42. The van der Waals surface area contributed by atoms with Gasteiger partial charge in [-0.05, 0) is 37.4 Å². The van der Waals surface area contributed by atoms with Gasteiger partial charge >= 0.3 is 0 Å². The van der Waals surface area contributed by atoms with Crippen molar-refractivity contribution < 1.29 is 9.47 Å². The molecule has 0 spiro atoms. The van der Waals surface area contributed by atoms with Crippen molar-refractivity contribution in [2.45, 2.75) is 37.6 Å². The van der Waals surface area contributed by atoms with Crippen LogP contribution in [-0.2, 0) is 0 Å². The molecule has 2 radical (unpaired) electrons. The fourth-order valence-corrected chi connectivity index (χ4v) is 4.34. The number of nitrogens with zero attached hydrogens (tertiary/aromatic N) is 3. The maximum absolute atomic E-state index is 5.67. The van der Waals surface area contributed by atoms with E-state index >= 15 is 0 Å². The fourth-order valence-electron chi connectivity index (χ4n) is 3.67. The number of rotatable bonds is 6. The average molecular weight is 395 g/mol. The van der Waals surface area contributed by atoms with Crippen molar-refractivity contribution >= 4 is 41.2 Å². The van der Waals surface area contributed by atoms with Crippen molar-refractivity contribution in [1.29, 1.82) is 0 Å². The highest BCUT2D eigenvalue weighted by Crippen LogP contribution is 2.35. The molecule has 0 aliphatic heterocycles. The first-order valence-electron chi connectivity index (χ1n) is 9.28. The van der Waals surface area contributed by atoms with Gasteiger partial charge in [-0.1, -0.05) is 6.42 Å². The lowest BCUT2D eigenvalue weighted by Crippen LogP contribution is -2.32. The van der Waals surface area contributed by atoms with E-state index in [-0.39, 0.29) is 5.92 Å². The van der Waals surface area contributed by atoms with Crippen LogP contribution < -0.4 is 20.0 Å². The molecule has 1 aliphatic rings. The third kappa shape index (κ3) is 3.77. The first kappa shape index (κ1) is 19.0. The lowest BCUT2D eigenvalue weighted by Gasteiger charge is -2.28. The Balaban J connectivity index is 1.68. The van der Waals surface area contributed by atoms with Crippen molar-refractivity contribution in [2.24, 2.45) is 0 Å². The number of benzene rings is 1. The first-order valence-corrected chi connectivity index (χ1v) is 10.2. The van der Waals surface area contributed by atoms with Crippen molar-refractivity contribution in [1.82, 2.24) is 20.2 Å². The van der Waals surface area contributed by atoms with E-state index in [0.717, 1.165) is 47.5 Å². The summed E-state index contributed by atoms with van der Waals surface area (Å²) in [4.78, 5) is 15.0. The Morgan fingerprint density at radius 2 is 2.00 bits per heavy atom. The van der Waals surface area contributed by atoms with Gasteiger partial charge < -0.3 is 20.0 Å². The lowest BCUT2D eigenvalue weighted by molar-refractivity contribution is 0.355. The van der Waals surface area contributed by atoms with Crippen molar-refractivity contribution in [3.05, 3.63) is 29.5 Å². The van der Waals surface area contributed by atoms with Crippen LogP contribution in [0.15, 0.2) is 23.7 Å². The van der Waals surface area contributed by atoms with E-state index in [1.165, 1.54) is 11.3 Å². The molecular weight excluding hydrogens is 373 g/mol. The Morgan fingerprint density at radius 3 is 2.79 bits per heavy atom. The quantitative estimate of drug-likeness (QED) is 0.618. The molecule has 3 aromatic rings. The van der Waals surface area contributed by atoms with Crippen LogP contribution in [0, 0.1) is 0 Å². The van der Waals surface area contributed by atoms with Gasteiger partial charge in [0.15, 0.2) is 25.3 Å². The van der Waals surface area contributed by atoms with Crippen LogP contribution in [-0.4, -0.2) is 43.2 Å². The average Bonchev–Trinajstić information content (AvgIpc) is 3.22. The van der Waals surface area contributed by atoms with E-state index in [1.54, 1.807) is 19.7 Å². The molecule has 2 unspecified atom stereocenters. The summed E-state index contributed by atoms with van der Waals surface area (Å²) < 4.78 is 10.7. The number of methoxy groups -OCH3 is 2. The van der Waals surface area contributed by atoms with Crippen LogP contribution in [0.4, 0.5) is 11.5 Å². The summed E-state index contributed by atoms with van der Waals surface area (Å²) in [6.07, 6.45) is 4.21. The van der Waals surface area contributed by atoms with Gasteiger partial charge in [0.1, 0.15) is 16.2 Å². The number of nitrogens with one attached hydrogen (secondary N) is 2. The summed E-state index contributed by atoms with van der Waals surface area (Å²) in [6, 6.07) is 5.98. The number of hydrogen-bond donors (Lipinski definition) is 2. The third-order valence-corrected chi connectivity index (χ3v) is 5.86. The Kier molecular flexibility index (Phi) is 5.63. The van der Waals surface area contributed by atoms with Crippen LogP contribution in [0.5, 0.6) is 11.5 Å². The normalized spacial score (nSPS) is 19.5. The molecular formula is C19H22BN5O2S. The van der Waals surface area contributed by atoms with E-state index in [9.17, 15) is 0 Å².